The molecule has 0 N–H and O–H groups in total. The summed E-state index contributed by atoms with van der Waals surface area (Å²) in [6.07, 6.45) is 0.632. The number of nitrogens with zero attached hydrogens (tertiary/aromatic N) is 1. The minimum absolute atomic E-state index is 0.115. The summed E-state index contributed by atoms with van der Waals surface area (Å²) in [4.78, 5) is 0. The summed E-state index contributed by atoms with van der Waals surface area (Å²) in [5.41, 5.74) is 0. The second-order valence-electron chi connectivity index (χ2n) is 1.65. The molecule has 1 atom stereocenters. The van der Waals surface area contributed by atoms with Gasteiger partial charge in [0.1, 0.15) is 4.33 Å². The Bertz CT molecular complexity index is 124. The highest BCUT2D eigenvalue weighted by atomic mass is 35.5. The lowest BCUT2D eigenvalue weighted by molar-refractivity contribution is 1.11. The van der Waals surface area contributed by atoms with Crippen LogP contribution in [-0.2, 0) is 0 Å². The van der Waals surface area contributed by atoms with E-state index >= 15 is 0 Å². The SMILES string of the molecule is N#CC1CC1(Cl)Cl. The van der Waals surface area contributed by atoms with Crippen LogP contribution in [0.15, 0.2) is 0 Å². The molecule has 0 heterocycles. The molecule has 1 rings (SSSR count). The minimum atomic E-state index is -0.700. The van der Waals surface area contributed by atoms with E-state index < -0.39 is 4.33 Å². The lowest BCUT2D eigenvalue weighted by Crippen LogP contribution is -1.84. The molecular formula is C4H3Cl2N. The van der Waals surface area contributed by atoms with Crippen LogP contribution in [-0.4, -0.2) is 4.33 Å². The molecule has 0 aliphatic heterocycles. The molecule has 0 aromatic heterocycles. The highest BCUT2D eigenvalue weighted by Gasteiger charge is 2.52. The average molecular weight is 136 g/mol. The van der Waals surface area contributed by atoms with E-state index in [0.29, 0.717) is 6.42 Å². The van der Waals surface area contributed by atoms with Crippen molar-refractivity contribution < 1.29 is 0 Å². The first kappa shape index (κ1) is 5.21. The van der Waals surface area contributed by atoms with Gasteiger partial charge in [-0.1, -0.05) is 0 Å². The summed E-state index contributed by atoms with van der Waals surface area (Å²) in [7, 11) is 0. The number of hydrogen-bond acceptors (Lipinski definition) is 1. The summed E-state index contributed by atoms with van der Waals surface area (Å²) in [6, 6.07) is 1.97. The lowest BCUT2D eigenvalue weighted by atomic mass is 10.5. The van der Waals surface area contributed by atoms with Crippen molar-refractivity contribution in [3.8, 4) is 6.07 Å². The molecule has 0 aromatic rings. The Labute approximate surface area is 51.8 Å². The molecule has 0 amide bonds. The van der Waals surface area contributed by atoms with Crippen molar-refractivity contribution in [3.05, 3.63) is 0 Å². The van der Waals surface area contributed by atoms with E-state index in [0.717, 1.165) is 0 Å². The zero-order valence-corrected chi connectivity index (χ0v) is 5.00. The molecule has 7 heavy (non-hydrogen) atoms. The monoisotopic (exact) mass is 135 g/mol. The smallest absolute Gasteiger partial charge is 0.135 e. The molecule has 1 saturated carbocycles. The predicted octanol–water partition coefficient (Wildman–Crippen LogP) is 1.70. The van der Waals surface area contributed by atoms with Crippen LogP contribution in [0.1, 0.15) is 6.42 Å². The standard InChI is InChI=1S/C4H3Cl2N/c5-4(6)1-3(4)2-7/h3H,1H2. The van der Waals surface area contributed by atoms with Crippen LogP contribution in [0.3, 0.4) is 0 Å². The lowest BCUT2D eigenvalue weighted by Gasteiger charge is -1.83. The predicted molar refractivity (Wildman–Crippen MR) is 28.2 cm³/mol. The third kappa shape index (κ3) is 0.821. The van der Waals surface area contributed by atoms with Gasteiger partial charge in [-0.25, -0.2) is 0 Å². The molecule has 0 aromatic carbocycles. The van der Waals surface area contributed by atoms with Crippen LogP contribution in [0.5, 0.6) is 0 Å². The molecule has 0 saturated heterocycles. The topological polar surface area (TPSA) is 23.8 Å². The molecular weight excluding hydrogens is 133 g/mol. The largest absolute Gasteiger partial charge is 0.198 e. The van der Waals surface area contributed by atoms with E-state index in [2.05, 4.69) is 0 Å². The number of nitriles is 1. The van der Waals surface area contributed by atoms with Crippen molar-refractivity contribution in [3.63, 3.8) is 0 Å². The fraction of sp³-hybridized carbons (Fsp3) is 0.750. The fourth-order valence-corrected chi connectivity index (χ4v) is 0.760. The Hall–Kier alpha value is 0.0700. The first-order valence-electron chi connectivity index (χ1n) is 1.94. The summed E-state index contributed by atoms with van der Waals surface area (Å²) in [5.74, 6) is -0.115. The zero-order valence-electron chi connectivity index (χ0n) is 3.49. The number of rotatable bonds is 0. The maximum absolute atomic E-state index is 8.12. The minimum Gasteiger partial charge on any atom is -0.198 e. The second kappa shape index (κ2) is 1.27. The third-order valence-electron chi connectivity index (χ3n) is 0.982. The second-order valence-corrected chi connectivity index (χ2v) is 3.19. The highest BCUT2D eigenvalue weighted by molar-refractivity contribution is 6.51. The van der Waals surface area contributed by atoms with Gasteiger partial charge in [-0.3, -0.25) is 0 Å². The van der Waals surface area contributed by atoms with Gasteiger partial charge >= 0.3 is 0 Å². The molecule has 0 radical (unpaired) electrons. The van der Waals surface area contributed by atoms with Gasteiger partial charge in [0.2, 0.25) is 0 Å². The molecule has 3 heteroatoms. The van der Waals surface area contributed by atoms with E-state index in [9.17, 15) is 0 Å². The molecule has 1 nitrogen and oxygen atoms in total. The van der Waals surface area contributed by atoms with Crippen molar-refractivity contribution in [2.75, 3.05) is 0 Å². The molecule has 1 fully saturated rings. The van der Waals surface area contributed by atoms with Crippen LogP contribution in [0.25, 0.3) is 0 Å². The summed E-state index contributed by atoms with van der Waals surface area (Å²) in [5, 5.41) is 8.12. The van der Waals surface area contributed by atoms with Crippen molar-refractivity contribution in [1.82, 2.24) is 0 Å². The normalized spacial score (nSPS) is 34.1. The van der Waals surface area contributed by atoms with E-state index in [4.69, 9.17) is 28.5 Å². The summed E-state index contributed by atoms with van der Waals surface area (Å²) in [6.45, 7) is 0. The van der Waals surface area contributed by atoms with Crippen LogP contribution in [0.2, 0.25) is 0 Å². The number of halogens is 2. The summed E-state index contributed by atoms with van der Waals surface area (Å²) < 4.78 is -0.700. The summed E-state index contributed by atoms with van der Waals surface area (Å²) >= 11 is 10.9. The Morgan fingerprint density at radius 2 is 2.14 bits per heavy atom. The maximum atomic E-state index is 8.12. The average Bonchev–Trinajstić information content (AvgIpc) is 2.13. The molecule has 38 valence electrons. The number of hydrogen-bond donors (Lipinski definition) is 0. The molecule has 1 aliphatic rings. The fourth-order valence-electron chi connectivity index (χ4n) is 0.353. The van der Waals surface area contributed by atoms with Crippen LogP contribution in [0, 0.1) is 17.2 Å². The van der Waals surface area contributed by atoms with Gasteiger partial charge in [-0.05, 0) is 0 Å². The molecule has 1 unspecified atom stereocenters. The van der Waals surface area contributed by atoms with Gasteiger partial charge in [0.15, 0.2) is 0 Å². The van der Waals surface area contributed by atoms with Crippen molar-refractivity contribution in [2.45, 2.75) is 10.8 Å². The Kier molecular flexibility index (Phi) is 0.948. The van der Waals surface area contributed by atoms with Gasteiger partial charge in [0.05, 0.1) is 12.0 Å². The first-order chi connectivity index (χ1) is 3.17. The van der Waals surface area contributed by atoms with Crippen LogP contribution < -0.4 is 0 Å². The number of alkyl halides is 2. The van der Waals surface area contributed by atoms with Crippen LogP contribution >= 0.6 is 23.2 Å². The molecule has 0 bridgehead atoms. The Balaban J connectivity index is 2.49. The Morgan fingerprint density at radius 3 is 2.14 bits per heavy atom. The Morgan fingerprint density at radius 1 is 1.71 bits per heavy atom. The van der Waals surface area contributed by atoms with Crippen molar-refractivity contribution in [2.24, 2.45) is 5.92 Å². The van der Waals surface area contributed by atoms with E-state index in [1.165, 1.54) is 0 Å². The quantitative estimate of drug-likeness (QED) is 0.465. The van der Waals surface area contributed by atoms with Gasteiger partial charge < -0.3 is 0 Å². The van der Waals surface area contributed by atoms with Crippen LogP contribution in [0.4, 0.5) is 0 Å². The third-order valence-corrected chi connectivity index (χ3v) is 1.82. The molecule has 0 spiro atoms. The highest BCUT2D eigenvalue weighted by Crippen LogP contribution is 2.52. The van der Waals surface area contributed by atoms with E-state index in [1.807, 2.05) is 6.07 Å². The van der Waals surface area contributed by atoms with Gasteiger partial charge in [0.25, 0.3) is 0 Å². The first-order valence-corrected chi connectivity index (χ1v) is 2.70. The van der Waals surface area contributed by atoms with E-state index in [1.54, 1.807) is 0 Å². The van der Waals surface area contributed by atoms with Crippen molar-refractivity contribution >= 4 is 23.2 Å². The van der Waals surface area contributed by atoms with Crippen molar-refractivity contribution in [1.29, 1.82) is 5.26 Å². The zero-order chi connectivity index (χ0) is 5.49. The maximum Gasteiger partial charge on any atom is 0.135 e. The van der Waals surface area contributed by atoms with Gasteiger partial charge in [-0.2, -0.15) is 5.26 Å². The van der Waals surface area contributed by atoms with Gasteiger partial charge in [0, 0.05) is 6.42 Å². The van der Waals surface area contributed by atoms with Gasteiger partial charge in [-0.15, -0.1) is 23.2 Å². The molecule has 1 aliphatic carbocycles. The van der Waals surface area contributed by atoms with E-state index in [-0.39, 0.29) is 5.92 Å².